The van der Waals surface area contributed by atoms with Gasteiger partial charge in [-0.05, 0) is 32.5 Å². The van der Waals surface area contributed by atoms with Crippen LogP contribution in [0, 0.1) is 0 Å². The smallest absolute Gasteiger partial charge is 0.337 e. The van der Waals surface area contributed by atoms with Gasteiger partial charge in [0.15, 0.2) is 9.79 Å². The Kier molecular flexibility index (Phi) is 4.62. The summed E-state index contributed by atoms with van der Waals surface area (Å²) in [6.07, 6.45) is 0. The van der Waals surface area contributed by atoms with Crippen LogP contribution in [-0.2, 0) is 20.6 Å². The Morgan fingerprint density at radius 2 is 1.28 bits per heavy atom. The van der Waals surface area contributed by atoms with Gasteiger partial charge in [-0.15, -0.1) is 0 Å². The van der Waals surface area contributed by atoms with Crippen molar-refractivity contribution in [3.8, 4) is 0 Å². The minimum Gasteiger partial charge on any atom is -0.600 e. The Morgan fingerprint density at radius 1 is 0.840 bits per heavy atom. The fourth-order valence-corrected chi connectivity index (χ4v) is 11.1. The molecule has 3 rings (SSSR count). The van der Waals surface area contributed by atoms with Crippen LogP contribution in [0.15, 0.2) is 82.5 Å². The SMILES string of the molecule is CC(C)(C)P1(F)=N[S+]([O-])(c2ccccc2)=N[S+]([O-])(c2ccccc2)=N1. The van der Waals surface area contributed by atoms with E-state index in [2.05, 4.69) is 12.1 Å². The van der Waals surface area contributed by atoms with E-state index in [1.807, 2.05) is 0 Å². The first kappa shape index (κ1) is 18.6. The Balaban J connectivity index is 2.39. The summed E-state index contributed by atoms with van der Waals surface area (Å²) in [7, 11) is -11.1. The Morgan fingerprint density at radius 3 is 1.72 bits per heavy atom. The van der Waals surface area contributed by atoms with Crippen LogP contribution in [-0.4, -0.2) is 14.3 Å². The van der Waals surface area contributed by atoms with Gasteiger partial charge in [0.05, 0.1) is 5.16 Å². The maximum Gasteiger partial charge on any atom is 0.337 e. The number of halogens is 1. The first-order valence-electron chi connectivity index (χ1n) is 7.59. The zero-order valence-corrected chi connectivity index (χ0v) is 16.6. The minimum absolute atomic E-state index is 0.236. The number of hydrogen-bond acceptors (Lipinski definition) is 5. The average molecular weight is 399 g/mol. The second-order valence-corrected chi connectivity index (χ2v) is 13.8. The number of hydrogen-bond donors (Lipinski definition) is 0. The minimum atomic E-state index is -4.02. The predicted molar refractivity (Wildman–Crippen MR) is 101 cm³/mol. The van der Waals surface area contributed by atoms with Gasteiger partial charge in [-0.2, -0.15) is 4.20 Å². The second-order valence-electron chi connectivity index (χ2n) is 6.55. The zero-order valence-electron chi connectivity index (χ0n) is 14.1. The van der Waals surface area contributed by atoms with Crippen molar-refractivity contribution in [1.29, 1.82) is 0 Å². The normalized spacial score (nSPS) is 32.2. The summed E-state index contributed by atoms with van der Waals surface area (Å²) in [5.74, 6) is 0. The molecule has 2 aromatic carbocycles. The summed E-state index contributed by atoms with van der Waals surface area (Å²) in [4.78, 5) is 0.472. The molecule has 1 heterocycles. The summed E-state index contributed by atoms with van der Waals surface area (Å²) in [5.41, 5.74) is 0. The van der Waals surface area contributed by atoms with Crippen molar-refractivity contribution in [2.45, 2.75) is 35.7 Å². The molecule has 134 valence electrons. The summed E-state index contributed by atoms with van der Waals surface area (Å²) in [6.45, 7) is 4.86. The highest BCUT2D eigenvalue weighted by Crippen LogP contribution is 2.68. The van der Waals surface area contributed by atoms with E-state index in [1.165, 1.54) is 0 Å². The van der Waals surface area contributed by atoms with Gasteiger partial charge in [0, 0.05) is 0 Å². The first-order valence-corrected chi connectivity index (χ1v) is 12.1. The third-order valence-electron chi connectivity index (χ3n) is 3.59. The lowest BCUT2D eigenvalue weighted by atomic mass is 10.3. The quantitative estimate of drug-likeness (QED) is 0.480. The van der Waals surface area contributed by atoms with E-state index in [9.17, 15) is 9.11 Å². The van der Waals surface area contributed by atoms with Crippen molar-refractivity contribution in [1.82, 2.24) is 0 Å². The van der Waals surface area contributed by atoms with E-state index >= 15 is 4.20 Å². The van der Waals surface area contributed by atoms with Crippen LogP contribution in [0.1, 0.15) is 20.8 Å². The third-order valence-corrected chi connectivity index (χ3v) is 12.2. The molecule has 0 radical (unpaired) electrons. The van der Waals surface area contributed by atoms with E-state index in [4.69, 9.17) is 0 Å². The van der Waals surface area contributed by atoms with Gasteiger partial charge >= 0.3 is 7.52 Å². The van der Waals surface area contributed by atoms with Gasteiger partial charge < -0.3 is 9.11 Å². The Bertz CT molecular complexity index is 911. The van der Waals surface area contributed by atoms with Gasteiger partial charge in [0.25, 0.3) is 0 Å². The molecule has 0 bridgehead atoms. The van der Waals surface area contributed by atoms with Crippen molar-refractivity contribution >= 4 is 28.1 Å². The van der Waals surface area contributed by atoms with Crippen LogP contribution >= 0.6 is 7.52 Å². The van der Waals surface area contributed by atoms with Crippen molar-refractivity contribution in [3.05, 3.63) is 60.7 Å². The Hall–Kier alpha value is -1.18. The van der Waals surface area contributed by atoms with Crippen LogP contribution in [0.2, 0.25) is 0 Å². The van der Waals surface area contributed by atoms with Crippen LogP contribution in [0.25, 0.3) is 0 Å². The monoisotopic (exact) mass is 399 g/mol. The van der Waals surface area contributed by atoms with E-state index in [0.717, 1.165) is 0 Å². The van der Waals surface area contributed by atoms with E-state index in [0.29, 0.717) is 0 Å². The van der Waals surface area contributed by atoms with Crippen molar-refractivity contribution in [2.75, 3.05) is 0 Å². The zero-order chi connectivity index (χ0) is 18.3. The molecule has 1 aliphatic heterocycles. The van der Waals surface area contributed by atoms with E-state index in [-0.39, 0.29) is 9.79 Å². The molecule has 0 N–H and O–H groups in total. The molecule has 2 aromatic rings. The molecule has 5 nitrogen and oxygen atoms in total. The fraction of sp³-hybridized carbons (Fsp3) is 0.250. The molecule has 0 saturated heterocycles. The lowest BCUT2D eigenvalue weighted by molar-refractivity contribution is 0.572. The standard InChI is InChI=1S/C16H19FN3O2PS2/c1-16(2,3)23(17)18-24(21,14-10-6-4-7-11-14)20-25(22,19-23)15-12-8-5-9-13-15/h4-13H,1-3H3. The van der Waals surface area contributed by atoms with Crippen LogP contribution in [0.3, 0.4) is 0 Å². The summed E-state index contributed by atoms with van der Waals surface area (Å²) < 4.78 is 54.7. The highest BCUT2D eigenvalue weighted by Gasteiger charge is 2.48. The molecule has 0 saturated carbocycles. The van der Waals surface area contributed by atoms with Crippen LogP contribution in [0.4, 0.5) is 4.20 Å². The van der Waals surface area contributed by atoms with E-state index < -0.39 is 33.3 Å². The number of nitrogens with zero attached hydrogens (tertiary/aromatic N) is 3. The summed E-state index contributed by atoms with van der Waals surface area (Å²) >= 11 is 0. The number of benzene rings is 2. The summed E-state index contributed by atoms with van der Waals surface area (Å²) in [6, 6.07) is 16.4. The molecular formula is C16H19FN3O2PS2. The van der Waals surface area contributed by atoms with Crippen LogP contribution < -0.4 is 0 Å². The molecular weight excluding hydrogens is 380 g/mol. The van der Waals surface area contributed by atoms with Gasteiger partial charge in [-0.3, -0.25) is 0 Å². The predicted octanol–water partition coefficient (Wildman–Crippen LogP) is 5.68. The second kappa shape index (κ2) is 6.21. The largest absolute Gasteiger partial charge is 0.600 e. The summed E-state index contributed by atoms with van der Waals surface area (Å²) in [5, 5.41) is -1.03. The molecule has 3 atom stereocenters. The highest BCUT2D eigenvalue weighted by atomic mass is 32.3. The van der Waals surface area contributed by atoms with Gasteiger partial charge in [-0.1, -0.05) is 57.2 Å². The maximum atomic E-state index is 15.8. The maximum absolute atomic E-state index is 15.8. The third kappa shape index (κ3) is 3.41. The van der Waals surface area contributed by atoms with E-state index in [1.54, 1.807) is 81.4 Å². The van der Waals surface area contributed by atoms with Gasteiger partial charge in [-0.25, -0.2) is 0 Å². The van der Waals surface area contributed by atoms with Crippen LogP contribution in [0.5, 0.6) is 0 Å². The fourth-order valence-electron chi connectivity index (χ4n) is 2.10. The molecule has 9 heteroatoms. The number of rotatable bonds is 2. The van der Waals surface area contributed by atoms with Gasteiger partial charge in [0.2, 0.25) is 0 Å². The first-order chi connectivity index (χ1) is 11.6. The molecule has 0 fully saturated rings. The molecule has 0 spiro atoms. The molecule has 3 unspecified atom stereocenters. The highest BCUT2D eigenvalue weighted by molar-refractivity contribution is 8.14. The van der Waals surface area contributed by atoms with Gasteiger partial charge in [0.1, 0.15) is 24.4 Å². The van der Waals surface area contributed by atoms with Crippen molar-refractivity contribution in [2.24, 2.45) is 12.1 Å². The molecule has 25 heavy (non-hydrogen) atoms. The Labute approximate surface area is 150 Å². The lowest BCUT2D eigenvalue weighted by Gasteiger charge is -2.30. The average Bonchev–Trinajstić information content (AvgIpc) is 2.54. The van der Waals surface area contributed by atoms with Crippen molar-refractivity contribution in [3.63, 3.8) is 0 Å². The molecule has 0 aliphatic carbocycles. The molecule has 1 aliphatic rings. The van der Waals surface area contributed by atoms with Crippen molar-refractivity contribution < 1.29 is 13.3 Å². The molecule has 0 aromatic heterocycles. The topological polar surface area (TPSA) is 83.2 Å². The molecule has 0 amide bonds. The lowest BCUT2D eigenvalue weighted by Crippen LogP contribution is -2.23.